The molecule has 1 fully saturated rings. The minimum absolute atomic E-state index is 0.491. The molecule has 76 valence electrons. The molecule has 1 N–H and O–H groups in total. The van der Waals surface area contributed by atoms with Gasteiger partial charge in [0, 0.05) is 44.6 Å². The molecular formula is C11H17N3. The summed E-state index contributed by atoms with van der Waals surface area (Å²) in [6.07, 6.45) is 3.79. The Morgan fingerprint density at radius 2 is 2.21 bits per heavy atom. The Kier molecular flexibility index (Phi) is 3.11. The first-order chi connectivity index (χ1) is 6.88. The van der Waals surface area contributed by atoms with Crippen LogP contribution >= 0.6 is 0 Å². The van der Waals surface area contributed by atoms with Crippen LogP contribution in [0.5, 0.6) is 0 Å². The van der Waals surface area contributed by atoms with E-state index in [0.717, 1.165) is 26.2 Å². The van der Waals surface area contributed by atoms with E-state index >= 15 is 0 Å². The second kappa shape index (κ2) is 4.53. The second-order valence-electron chi connectivity index (χ2n) is 3.75. The largest absolute Gasteiger partial charge is 0.314 e. The highest BCUT2D eigenvalue weighted by Gasteiger charge is 2.17. The van der Waals surface area contributed by atoms with E-state index in [2.05, 4.69) is 28.2 Å². The van der Waals surface area contributed by atoms with Gasteiger partial charge in [-0.2, -0.15) is 0 Å². The zero-order chi connectivity index (χ0) is 9.80. The maximum atomic E-state index is 4.16. The number of pyridine rings is 1. The van der Waals surface area contributed by atoms with E-state index in [1.54, 1.807) is 0 Å². The fourth-order valence-electron chi connectivity index (χ4n) is 1.90. The molecule has 0 aliphatic carbocycles. The van der Waals surface area contributed by atoms with Crippen LogP contribution in [0.25, 0.3) is 0 Å². The van der Waals surface area contributed by atoms with Gasteiger partial charge in [-0.05, 0) is 18.6 Å². The van der Waals surface area contributed by atoms with E-state index in [4.69, 9.17) is 0 Å². The standard InChI is InChI=1S/C11H17N3/c1-10(11-3-2-4-13-9-11)14-7-5-12-6-8-14/h2-4,9-10,12H,5-8H2,1H3. The van der Waals surface area contributed by atoms with Crippen LogP contribution in [-0.2, 0) is 0 Å². The van der Waals surface area contributed by atoms with Gasteiger partial charge in [0.15, 0.2) is 0 Å². The van der Waals surface area contributed by atoms with E-state index in [1.807, 2.05) is 18.5 Å². The van der Waals surface area contributed by atoms with E-state index < -0.39 is 0 Å². The molecule has 2 rings (SSSR count). The molecule has 0 bridgehead atoms. The Bertz CT molecular complexity index is 267. The smallest absolute Gasteiger partial charge is 0.0336 e. The van der Waals surface area contributed by atoms with Crippen LogP contribution in [0.15, 0.2) is 24.5 Å². The monoisotopic (exact) mass is 191 g/mol. The highest BCUT2D eigenvalue weighted by atomic mass is 15.2. The third-order valence-corrected chi connectivity index (χ3v) is 2.87. The fourth-order valence-corrected chi connectivity index (χ4v) is 1.90. The summed E-state index contributed by atoms with van der Waals surface area (Å²) in [6.45, 7) is 6.73. The summed E-state index contributed by atoms with van der Waals surface area (Å²) in [4.78, 5) is 6.65. The van der Waals surface area contributed by atoms with Gasteiger partial charge < -0.3 is 5.32 Å². The van der Waals surface area contributed by atoms with Crippen molar-refractivity contribution >= 4 is 0 Å². The topological polar surface area (TPSA) is 28.2 Å². The first-order valence-corrected chi connectivity index (χ1v) is 5.22. The highest BCUT2D eigenvalue weighted by Crippen LogP contribution is 2.18. The molecule has 1 unspecified atom stereocenters. The highest BCUT2D eigenvalue weighted by molar-refractivity contribution is 5.13. The fraction of sp³-hybridized carbons (Fsp3) is 0.545. The molecule has 0 spiro atoms. The van der Waals surface area contributed by atoms with Crippen molar-refractivity contribution in [1.29, 1.82) is 0 Å². The van der Waals surface area contributed by atoms with Crippen LogP contribution < -0.4 is 5.32 Å². The quantitative estimate of drug-likeness (QED) is 0.757. The van der Waals surface area contributed by atoms with Gasteiger partial charge in [0.05, 0.1) is 0 Å². The zero-order valence-corrected chi connectivity index (χ0v) is 8.61. The second-order valence-corrected chi connectivity index (χ2v) is 3.75. The van der Waals surface area contributed by atoms with E-state index in [1.165, 1.54) is 5.56 Å². The van der Waals surface area contributed by atoms with Crippen LogP contribution in [-0.4, -0.2) is 36.1 Å². The van der Waals surface area contributed by atoms with Crippen molar-refractivity contribution < 1.29 is 0 Å². The molecule has 2 heterocycles. The van der Waals surface area contributed by atoms with Gasteiger partial charge in [-0.3, -0.25) is 9.88 Å². The molecule has 1 aliphatic rings. The lowest BCUT2D eigenvalue weighted by Gasteiger charge is -2.32. The van der Waals surface area contributed by atoms with Crippen LogP contribution in [0.1, 0.15) is 18.5 Å². The Hall–Kier alpha value is -0.930. The van der Waals surface area contributed by atoms with E-state index in [9.17, 15) is 0 Å². The van der Waals surface area contributed by atoms with Crippen molar-refractivity contribution in [3.05, 3.63) is 30.1 Å². The molecule has 3 heteroatoms. The number of aromatic nitrogens is 1. The zero-order valence-electron chi connectivity index (χ0n) is 8.61. The van der Waals surface area contributed by atoms with Crippen molar-refractivity contribution in [2.75, 3.05) is 26.2 Å². The van der Waals surface area contributed by atoms with Gasteiger partial charge in [0.2, 0.25) is 0 Å². The number of nitrogens with one attached hydrogen (secondary N) is 1. The van der Waals surface area contributed by atoms with Gasteiger partial charge >= 0.3 is 0 Å². The van der Waals surface area contributed by atoms with Crippen LogP contribution in [0.3, 0.4) is 0 Å². The average molecular weight is 191 g/mol. The molecular weight excluding hydrogens is 174 g/mol. The number of hydrogen-bond donors (Lipinski definition) is 1. The molecule has 0 radical (unpaired) electrons. The van der Waals surface area contributed by atoms with Gasteiger partial charge in [-0.15, -0.1) is 0 Å². The molecule has 1 aromatic heterocycles. The van der Waals surface area contributed by atoms with Gasteiger partial charge in [0.1, 0.15) is 0 Å². The van der Waals surface area contributed by atoms with Crippen LogP contribution in [0.2, 0.25) is 0 Å². The molecule has 1 aromatic rings. The summed E-state index contributed by atoms with van der Waals surface area (Å²) < 4.78 is 0. The van der Waals surface area contributed by atoms with Crippen molar-refractivity contribution in [3.8, 4) is 0 Å². The molecule has 0 saturated carbocycles. The summed E-state index contributed by atoms with van der Waals surface area (Å²) in [5, 5.41) is 3.36. The molecule has 14 heavy (non-hydrogen) atoms. The van der Waals surface area contributed by atoms with E-state index in [-0.39, 0.29) is 0 Å². The minimum Gasteiger partial charge on any atom is -0.314 e. The predicted molar refractivity (Wildman–Crippen MR) is 57.1 cm³/mol. The molecule has 1 saturated heterocycles. The maximum Gasteiger partial charge on any atom is 0.0336 e. The third-order valence-electron chi connectivity index (χ3n) is 2.87. The van der Waals surface area contributed by atoms with Crippen molar-refractivity contribution in [2.24, 2.45) is 0 Å². The Balaban J connectivity index is 2.03. The Morgan fingerprint density at radius 1 is 1.43 bits per heavy atom. The summed E-state index contributed by atoms with van der Waals surface area (Å²) in [7, 11) is 0. The number of nitrogens with zero attached hydrogens (tertiary/aromatic N) is 2. The van der Waals surface area contributed by atoms with Crippen LogP contribution in [0.4, 0.5) is 0 Å². The third kappa shape index (κ3) is 2.11. The minimum atomic E-state index is 0.491. The molecule has 3 nitrogen and oxygen atoms in total. The first-order valence-electron chi connectivity index (χ1n) is 5.22. The van der Waals surface area contributed by atoms with E-state index in [0.29, 0.717) is 6.04 Å². The summed E-state index contributed by atoms with van der Waals surface area (Å²) in [6, 6.07) is 4.65. The molecule has 0 amide bonds. The Morgan fingerprint density at radius 3 is 2.86 bits per heavy atom. The molecule has 1 aliphatic heterocycles. The van der Waals surface area contributed by atoms with Crippen molar-refractivity contribution in [2.45, 2.75) is 13.0 Å². The summed E-state index contributed by atoms with van der Waals surface area (Å²) >= 11 is 0. The number of piperazine rings is 1. The lowest BCUT2D eigenvalue weighted by molar-refractivity contribution is 0.185. The number of rotatable bonds is 2. The van der Waals surface area contributed by atoms with Gasteiger partial charge in [0.25, 0.3) is 0 Å². The first kappa shape index (κ1) is 9.62. The average Bonchev–Trinajstić information content (AvgIpc) is 2.30. The molecule has 0 aromatic carbocycles. The van der Waals surface area contributed by atoms with Crippen molar-refractivity contribution in [3.63, 3.8) is 0 Å². The lowest BCUT2D eigenvalue weighted by Crippen LogP contribution is -2.44. The predicted octanol–water partition coefficient (Wildman–Crippen LogP) is 1.05. The normalized spacial score (nSPS) is 20.6. The maximum absolute atomic E-state index is 4.16. The van der Waals surface area contributed by atoms with Gasteiger partial charge in [-0.25, -0.2) is 0 Å². The SMILES string of the molecule is CC(c1cccnc1)N1CCNCC1. The Labute approximate surface area is 85.1 Å². The summed E-state index contributed by atoms with van der Waals surface area (Å²) in [5.74, 6) is 0. The van der Waals surface area contributed by atoms with Crippen molar-refractivity contribution in [1.82, 2.24) is 15.2 Å². The van der Waals surface area contributed by atoms with Crippen LogP contribution in [0, 0.1) is 0 Å². The summed E-state index contributed by atoms with van der Waals surface area (Å²) in [5.41, 5.74) is 1.31. The molecule has 1 atom stereocenters. The lowest BCUT2D eigenvalue weighted by atomic mass is 10.1. The van der Waals surface area contributed by atoms with Gasteiger partial charge in [-0.1, -0.05) is 6.07 Å². The number of hydrogen-bond acceptors (Lipinski definition) is 3.